The lowest BCUT2D eigenvalue weighted by atomic mass is 10.0. The Morgan fingerprint density at radius 2 is 2.13 bits per heavy atom. The quantitative estimate of drug-likeness (QED) is 0.312. The number of carbonyl (C=O) groups excluding carboxylic acids is 1. The summed E-state index contributed by atoms with van der Waals surface area (Å²) in [5, 5.41) is 17.5. The summed E-state index contributed by atoms with van der Waals surface area (Å²) < 4.78 is 5.20. The molecule has 1 aromatic rings. The van der Waals surface area contributed by atoms with Gasteiger partial charge in [0.1, 0.15) is 5.82 Å². The third kappa shape index (κ3) is 6.90. The Morgan fingerprint density at radius 1 is 1.35 bits per heavy atom. The minimum absolute atomic E-state index is 0.0952. The van der Waals surface area contributed by atoms with Crippen LogP contribution in [0.5, 0.6) is 0 Å². The van der Waals surface area contributed by atoms with Crippen molar-refractivity contribution in [1.82, 2.24) is 14.9 Å². The summed E-state index contributed by atoms with van der Waals surface area (Å²) in [7, 11) is 2.14. The molecule has 1 aliphatic carbocycles. The molecule has 0 aromatic carbocycles. The van der Waals surface area contributed by atoms with Crippen molar-refractivity contribution in [2.75, 3.05) is 37.4 Å². The fourth-order valence-electron chi connectivity index (χ4n) is 4.10. The van der Waals surface area contributed by atoms with Gasteiger partial charge in [-0.3, -0.25) is 0 Å². The normalized spacial score (nSPS) is 25.1. The summed E-state index contributed by atoms with van der Waals surface area (Å²) in [5.41, 5.74) is -0.0869. The van der Waals surface area contributed by atoms with Crippen LogP contribution in [0.1, 0.15) is 64.4 Å². The maximum atomic E-state index is 12.0. The van der Waals surface area contributed by atoms with Gasteiger partial charge in [-0.1, -0.05) is 13.3 Å². The van der Waals surface area contributed by atoms with E-state index in [-0.39, 0.29) is 12.0 Å². The third-order valence-electron chi connectivity index (χ3n) is 6.25. The largest absolute Gasteiger partial charge is 0.463 e. The zero-order valence-electron chi connectivity index (χ0n) is 19.1. The Balaban J connectivity index is 1.74. The molecule has 2 aliphatic rings. The number of aromatic nitrogens is 2. The van der Waals surface area contributed by atoms with Gasteiger partial charge < -0.3 is 25.4 Å². The van der Waals surface area contributed by atoms with Crippen molar-refractivity contribution in [3.63, 3.8) is 0 Å². The molecule has 1 saturated heterocycles. The van der Waals surface area contributed by atoms with E-state index in [0.717, 1.165) is 58.0 Å². The van der Waals surface area contributed by atoms with Gasteiger partial charge in [-0.25, -0.2) is 9.78 Å². The number of nitrogens with zero attached hydrogens (tertiary/aromatic N) is 3. The van der Waals surface area contributed by atoms with Crippen molar-refractivity contribution in [1.29, 1.82) is 0 Å². The Kier molecular flexibility index (Phi) is 8.26. The highest BCUT2D eigenvalue weighted by atomic mass is 16.5. The number of unbranched alkanes of at least 4 members (excludes halogenated alkanes) is 1. The van der Waals surface area contributed by atoms with E-state index in [1.807, 2.05) is 6.92 Å². The molecule has 8 heteroatoms. The first-order chi connectivity index (χ1) is 14.9. The molecule has 8 nitrogen and oxygen atoms in total. The summed E-state index contributed by atoms with van der Waals surface area (Å²) in [5.74, 6) is 0.813. The molecule has 0 spiro atoms. The number of piperidine rings is 1. The molecule has 1 aliphatic heterocycles. The Hall–Kier alpha value is -2.19. The minimum Gasteiger partial charge on any atom is -0.463 e. The summed E-state index contributed by atoms with van der Waals surface area (Å²) >= 11 is 0. The topological polar surface area (TPSA) is 99.6 Å². The number of carbonyl (C=O) groups is 1. The first-order valence-corrected chi connectivity index (χ1v) is 11.5. The van der Waals surface area contributed by atoms with E-state index < -0.39 is 5.60 Å². The molecule has 0 bridgehead atoms. The molecule has 1 saturated carbocycles. The summed E-state index contributed by atoms with van der Waals surface area (Å²) in [6.07, 6.45) is 11.3. The van der Waals surface area contributed by atoms with Crippen LogP contribution in [-0.4, -0.2) is 70.4 Å². The van der Waals surface area contributed by atoms with Crippen molar-refractivity contribution in [3.8, 4) is 0 Å². The number of nitrogens with one attached hydrogen (secondary N) is 2. The van der Waals surface area contributed by atoms with Crippen LogP contribution in [0, 0.1) is 0 Å². The van der Waals surface area contributed by atoms with E-state index in [0.29, 0.717) is 30.0 Å². The van der Waals surface area contributed by atoms with Crippen LogP contribution in [-0.2, 0) is 9.53 Å². The number of aliphatic hydroxyl groups is 1. The summed E-state index contributed by atoms with van der Waals surface area (Å²) in [6.45, 7) is 6.43. The van der Waals surface area contributed by atoms with Crippen molar-refractivity contribution >= 4 is 23.8 Å². The summed E-state index contributed by atoms with van der Waals surface area (Å²) in [6, 6.07) is 0.246. The van der Waals surface area contributed by atoms with Gasteiger partial charge in [0, 0.05) is 23.9 Å². The second kappa shape index (κ2) is 10.9. The molecular formula is C23H37N5O3. The van der Waals surface area contributed by atoms with E-state index in [1.165, 1.54) is 6.08 Å². The van der Waals surface area contributed by atoms with Crippen LogP contribution in [0.4, 0.5) is 11.8 Å². The SMILES string of the molecule is CCCCOC(=O)/C=C/c1cnc(NC2CCN(C)CC2)nc1N[C@@H]1CCC[C@@]1(C)O. The zero-order valence-corrected chi connectivity index (χ0v) is 19.1. The molecule has 2 fully saturated rings. The maximum absolute atomic E-state index is 12.0. The number of anilines is 2. The number of hydrogen-bond acceptors (Lipinski definition) is 8. The second-order valence-corrected chi connectivity index (χ2v) is 9.02. The van der Waals surface area contributed by atoms with Gasteiger partial charge in [-0.05, 0) is 71.7 Å². The molecule has 3 rings (SSSR count). The number of ether oxygens (including phenoxy) is 1. The minimum atomic E-state index is -0.785. The molecule has 0 amide bonds. The first kappa shape index (κ1) is 23.5. The lowest BCUT2D eigenvalue weighted by molar-refractivity contribution is -0.137. The molecular weight excluding hydrogens is 394 g/mol. The Labute approximate surface area is 185 Å². The lowest BCUT2D eigenvalue weighted by Crippen LogP contribution is -2.40. The smallest absolute Gasteiger partial charge is 0.330 e. The van der Waals surface area contributed by atoms with Gasteiger partial charge in [0.25, 0.3) is 0 Å². The van der Waals surface area contributed by atoms with E-state index in [2.05, 4.69) is 34.5 Å². The van der Waals surface area contributed by atoms with Crippen LogP contribution in [0.25, 0.3) is 6.08 Å². The van der Waals surface area contributed by atoms with Gasteiger partial charge in [-0.2, -0.15) is 4.98 Å². The van der Waals surface area contributed by atoms with Gasteiger partial charge in [-0.15, -0.1) is 0 Å². The molecule has 1 aromatic heterocycles. The fourth-order valence-corrected chi connectivity index (χ4v) is 4.10. The van der Waals surface area contributed by atoms with Crippen molar-refractivity contribution in [2.24, 2.45) is 0 Å². The highest BCUT2D eigenvalue weighted by Crippen LogP contribution is 2.32. The first-order valence-electron chi connectivity index (χ1n) is 11.5. The molecule has 0 unspecified atom stereocenters. The molecule has 2 atom stereocenters. The zero-order chi connectivity index (χ0) is 22.3. The van der Waals surface area contributed by atoms with Crippen LogP contribution in [0.2, 0.25) is 0 Å². The second-order valence-electron chi connectivity index (χ2n) is 9.02. The number of esters is 1. The molecule has 31 heavy (non-hydrogen) atoms. The van der Waals surface area contributed by atoms with E-state index >= 15 is 0 Å². The van der Waals surface area contributed by atoms with E-state index in [9.17, 15) is 9.90 Å². The Bertz CT molecular complexity index is 760. The fraction of sp³-hybridized carbons (Fsp3) is 0.696. The molecule has 0 radical (unpaired) electrons. The molecule has 3 N–H and O–H groups in total. The van der Waals surface area contributed by atoms with E-state index in [4.69, 9.17) is 9.72 Å². The average Bonchev–Trinajstić information content (AvgIpc) is 3.07. The molecule has 172 valence electrons. The van der Waals surface area contributed by atoms with Crippen molar-refractivity contribution < 1.29 is 14.6 Å². The number of likely N-dealkylation sites (tertiary alicyclic amines) is 1. The third-order valence-corrected chi connectivity index (χ3v) is 6.25. The van der Waals surface area contributed by atoms with Crippen molar-refractivity contribution in [3.05, 3.63) is 17.8 Å². The number of rotatable bonds is 9. The number of hydrogen-bond donors (Lipinski definition) is 3. The predicted molar refractivity (Wildman–Crippen MR) is 123 cm³/mol. The van der Waals surface area contributed by atoms with Crippen LogP contribution in [0.15, 0.2) is 12.3 Å². The predicted octanol–water partition coefficient (Wildman–Crippen LogP) is 3.05. The highest BCUT2D eigenvalue weighted by molar-refractivity contribution is 5.88. The van der Waals surface area contributed by atoms with Crippen LogP contribution >= 0.6 is 0 Å². The maximum Gasteiger partial charge on any atom is 0.330 e. The van der Waals surface area contributed by atoms with Gasteiger partial charge in [0.2, 0.25) is 5.95 Å². The van der Waals surface area contributed by atoms with Gasteiger partial charge in [0.05, 0.1) is 18.2 Å². The summed E-state index contributed by atoms with van der Waals surface area (Å²) in [4.78, 5) is 23.5. The van der Waals surface area contributed by atoms with Crippen LogP contribution < -0.4 is 10.6 Å². The van der Waals surface area contributed by atoms with Gasteiger partial charge in [0.15, 0.2) is 0 Å². The highest BCUT2D eigenvalue weighted by Gasteiger charge is 2.37. The average molecular weight is 432 g/mol. The lowest BCUT2D eigenvalue weighted by Gasteiger charge is -2.30. The van der Waals surface area contributed by atoms with Crippen LogP contribution in [0.3, 0.4) is 0 Å². The Morgan fingerprint density at radius 3 is 2.81 bits per heavy atom. The van der Waals surface area contributed by atoms with Gasteiger partial charge >= 0.3 is 5.97 Å². The molecule has 2 heterocycles. The van der Waals surface area contributed by atoms with E-state index in [1.54, 1.807) is 12.3 Å². The standard InChI is InChI=1S/C23H37N5O3/c1-4-5-15-31-20(29)9-8-17-16-24-22(25-18-10-13-28(3)14-11-18)27-21(17)26-19-7-6-12-23(19,2)30/h8-9,16,18-19,30H,4-7,10-15H2,1-3H3,(H2,24,25,26,27)/b9-8+/t19-,23-/m1/s1. The monoisotopic (exact) mass is 431 g/mol. The van der Waals surface area contributed by atoms with Crippen molar-refractivity contribution in [2.45, 2.75) is 76.5 Å².